The summed E-state index contributed by atoms with van der Waals surface area (Å²) in [5.41, 5.74) is 2.61. The van der Waals surface area contributed by atoms with Crippen molar-refractivity contribution in [3.63, 3.8) is 0 Å². The standard InChI is InChI=1S/C24H34N4O2/c1-19-6-8-22(9-7-19)28-13-2-4-21(17-28)27-24(26-16-20-11-15-29-18-20)25-12-10-23-5-3-14-30-23/h3,5-9,14,20-21H,2,4,10-13,15-18H2,1H3,(H2,25,26,27). The molecule has 162 valence electrons. The van der Waals surface area contributed by atoms with E-state index in [2.05, 4.69) is 46.7 Å². The quantitative estimate of drug-likeness (QED) is 0.541. The average Bonchev–Trinajstić information content (AvgIpc) is 3.47. The third kappa shape index (κ3) is 6.02. The zero-order valence-corrected chi connectivity index (χ0v) is 18.0. The molecule has 0 aliphatic carbocycles. The molecule has 2 fully saturated rings. The Bertz CT molecular complexity index is 782. The average molecular weight is 411 g/mol. The summed E-state index contributed by atoms with van der Waals surface area (Å²) in [6.45, 7) is 7.54. The summed E-state index contributed by atoms with van der Waals surface area (Å²) >= 11 is 0. The Balaban J connectivity index is 1.35. The van der Waals surface area contributed by atoms with Crippen molar-refractivity contribution >= 4 is 11.6 Å². The lowest BCUT2D eigenvalue weighted by atomic mass is 10.0. The zero-order chi connectivity index (χ0) is 20.6. The fourth-order valence-electron chi connectivity index (χ4n) is 4.14. The number of guanidine groups is 1. The van der Waals surface area contributed by atoms with E-state index in [-0.39, 0.29) is 0 Å². The summed E-state index contributed by atoms with van der Waals surface area (Å²) in [5, 5.41) is 7.21. The molecule has 0 radical (unpaired) electrons. The minimum Gasteiger partial charge on any atom is -0.469 e. The van der Waals surface area contributed by atoms with Gasteiger partial charge in [-0.1, -0.05) is 17.7 Å². The number of hydrogen-bond acceptors (Lipinski definition) is 4. The fraction of sp³-hybridized carbons (Fsp3) is 0.542. The molecule has 0 spiro atoms. The lowest BCUT2D eigenvalue weighted by Gasteiger charge is -2.35. The number of anilines is 1. The first-order valence-corrected chi connectivity index (χ1v) is 11.2. The van der Waals surface area contributed by atoms with E-state index < -0.39 is 0 Å². The number of ether oxygens (including phenoxy) is 1. The number of rotatable bonds is 7. The largest absolute Gasteiger partial charge is 0.469 e. The van der Waals surface area contributed by atoms with Gasteiger partial charge in [0.05, 0.1) is 12.9 Å². The van der Waals surface area contributed by atoms with Crippen LogP contribution in [-0.2, 0) is 11.2 Å². The van der Waals surface area contributed by atoms with Gasteiger partial charge in [0, 0.05) is 56.9 Å². The first-order chi connectivity index (χ1) is 14.8. The summed E-state index contributed by atoms with van der Waals surface area (Å²) in [4.78, 5) is 7.37. The summed E-state index contributed by atoms with van der Waals surface area (Å²) in [6.07, 6.45) is 6.02. The van der Waals surface area contributed by atoms with Crippen molar-refractivity contribution < 1.29 is 9.15 Å². The van der Waals surface area contributed by atoms with E-state index in [1.165, 1.54) is 17.7 Å². The highest BCUT2D eigenvalue weighted by Gasteiger charge is 2.22. The fourth-order valence-corrected chi connectivity index (χ4v) is 4.14. The summed E-state index contributed by atoms with van der Waals surface area (Å²) in [5.74, 6) is 2.43. The number of nitrogens with zero attached hydrogens (tertiary/aromatic N) is 2. The van der Waals surface area contributed by atoms with Gasteiger partial charge in [-0.15, -0.1) is 0 Å². The summed E-state index contributed by atoms with van der Waals surface area (Å²) in [6, 6.07) is 13.2. The van der Waals surface area contributed by atoms with Crippen LogP contribution < -0.4 is 15.5 Å². The highest BCUT2D eigenvalue weighted by molar-refractivity contribution is 5.80. The number of aliphatic imine (C=N–C) groups is 1. The van der Waals surface area contributed by atoms with Crippen LogP contribution in [-0.4, -0.2) is 51.4 Å². The lowest BCUT2D eigenvalue weighted by molar-refractivity contribution is 0.187. The Labute approximate surface area is 179 Å². The molecule has 0 saturated carbocycles. The van der Waals surface area contributed by atoms with Crippen molar-refractivity contribution in [2.75, 3.05) is 44.3 Å². The third-order valence-corrected chi connectivity index (χ3v) is 5.94. The molecule has 1 aromatic heterocycles. The zero-order valence-electron chi connectivity index (χ0n) is 18.0. The maximum Gasteiger partial charge on any atom is 0.191 e. The number of aryl methyl sites for hydroxylation is 1. The predicted molar refractivity (Wildman–Crippen MR) is 121 cm³/mol. The van der Waals surface area contributed by atoms with E-state index in [9.17, 15) is 0 Å². The Morgan fingerprint density at radius 1 is 1.20 bits per heavy atom. The maximum absolute atomic E-state index is 5.51. The molecular weight excluding hydrogens is 376 g/mol. The Morgan fingerprint density at radius 3 is 2.87 bits per heavy atom. The highest BCUT2D eigenvalue weighted by Crippen LogP contribution is 2.20. The molecule has 2 atom stereocenters. The Morgan fingerprint density at radius 2 is 2.10 bits per heavy atom. The van der Waals surface area contributed by atoms with Gasteiger partial charge in [-0.2, -0.15) is 0 Å². The molecule has 4 rings (SSSR count). The lowest BCUT2D eigenvalue weighted by Crippen LogP contribution is -2.51. The van der Waals surface area contributed by atoms with Crippen LogP contribution >= 0.6 is 0 Å². The molecule has 30 heavy (non-hydrogen) atoms. The topological polar surface area (TPSA) is 62.0 Å². The second kappa shape index (κ2) is 10.5. The van der Waals surface area contributed by atoms with Crippen LogP contribution in [0.5, 0.6) is 0 Å². The van der Waals surface area contributed by atoms with Crippen molar-refractivity contribution in [2.45, 2.75) is 38.6 Å². The van der Waals surface area contributed by atoms with Crippen molar-refractivity contribution in [2.24, 2.45) is 10.9 Å². The number of benzene rings is 1. The molecule has 2 unspecified atom stereocenters. The summed E-state index contributed by atoms with van der Waals surface area (Å²) < 4.78 is 11.0. The van der Waals surface area contributed by atoms with Crippen LogP contribution in [0.1, 0.15) is 30.6 Å². The van der Waals surface area contributed by atoms with Crippen molar-refractivity contribution in [1.82, 2.24) is 10.6 Å². The van der Waals surface area contributed by atoms with Crippen LogP contribution in [0.4, 0.5) is 5.69 Å². The minimum absolute atomic E-state index is 0.384. The van der Waals surface area contributed by atoms with Crippen LogP contribution in [0.25, 0.3) is 0 Å². The Hall–Kier alpha value is -2.47. The molecule has 3 heterocycles. The molecular formula is C24H34N4O2. The van der Waals surface area contributed by atoms with E-state index in [0.717, 1.165) is 70.4 Å². The van der Waals surface area contributed by atoms with Gasteiger partial charge in [-0.05, 0) is 50.5 Å². The highest BCUT2D eigenvalue weighted by atomic mass is 16.5. The van der Waals surface area contributed by atoms with Gasteiger partial charge in [0.15, 0.2) is 5.96 Å². The van der Waals surface area contributed by atoms with Crippen molar-refractivity contribution in [3.05, 3.63) is 54.0 Å². The number of nitrogens with one attached hydrogen (secondary N) is 2. The molecule has 2 N–H and O–H groups in total. The van der Waals surface area contributed by atoms with E-state index in [4.69, 9.17) is 14.1 Å². The molecule has 1 aromatic carbocycles. The Kier molecular flexibility index (Phi) is 7.29. The smallest absolute Gasteiger partial charge is 0.191 e. The molecule has 0 amide bonds. The molecule has 2 saturated heterocycles. The second-order valence-corrected chi connectivity index (χ2v) is 8.44. The molecule has 2 aliphatic heterocycles. The first kappa shape index (κ1) is 20.8. The first-order valence-electron chi connectivity index (χ1n) is 11.2. The van der Waals surface area contributed by atoms with E-state index in [1.54, 1.807) is 6.26 Å². The van der Waals surface area contributed by atoms with Crippen LogP contribution in [0, 0.1) is 12.8 Å². The van der Waals surface area contributed by atoms with Crippen molar-refractivity contribution in [1.29, 1.82) is 0 Å². The molecule has 2 aromatic rings. The van der Waals surface area contributed by atoms with Gasteiger partial charge in [-0.25, -0.2) is 0 Å². The monoisotopic (exact) mass is 410 g/mol. The maximum atomic E-state index is 5.51. The SMILES string of the molecule is Cc1ccc(N2CCCC(NC(=NCC3CCOC3)NCCc3ccco3)C2)cc1. The van der Waals surface area contributed by atoms with E-state index in [1.807, 2.05) is 12.1 Å². The van der Waals surface area contributed by atoms with E-state index >= 15 is 0 Å². The predicted octanol–water partition coefficient (Wildman–Crippen LogP) is 3.37. The van der Waals surface area contributed by atoms with Gasteiger partial charge in [-0.3, -0.25) is 4.99 Å². The van der Waals surface area contributed by atoms with Gasteiger partial charge < -0.3 is 24.7 Å². The minimum atomic E-state index is 0.384. The van der Waals surface area contributed by atoms with Gasteiger partial charge >= 0.3 is 0 Å². The number of furan rings is 1. The third-order valence-electron chi connectivity index (χ3n) is 5.94. The van der Waals surface area contributed by atoms with E-state index in [0.29, 0.717) is 12.0 Å². The molecule has 0 bridgehead atoms. The molecule has 6 heteroatoms. The van der Waals surface area contributed by atoms with Gasteiger partial charge in [0.1, 0.15) is 5.76 Å². The molecule has 2 aliphatic rings. The van der Waals surface area contributed by atoms with Crippen LogP contribution in [0.3, 0.4) is 0 Å². The molecule has 6 nitrogen and oxygen atoms in total. The summed E-state index contributed by atoms with van der Waals surface area (Å²) in [7, 11) is 0. The number of hydrogen-bond donors (Lipinski definition) is 2. The number of piperidine rings is 1. The second-order valence-electron chi connectivity index (χ2n) is 8.44. The van der Waals surface area contributed by atoms with Crippen LogP contribution in [0.15, 0.2) is 52.1 Å². The van der Waals surface area contributed by atoms with Gasteiger partial charge in [0.25, 0.3) is 0 Å². The van der Waals surface area contributed by atoms with Gasteiger partial charge in [0.2, 0.25) is 0 Å². The van der Waals surface area contributed by atoms with Crippen molar-refractivity contribution in [3.8, 4) is 0 Å². The van der Waals surface area contributed by atoms with Crippen LogP contribution in [0.2, 0.25) is 0 Å². The normalized spacial score (nSPS) is 22.3.